The third-order valence-electron chi connectivity index (χ3n) is 4.57. The zero-order chi connectivity index (χ0) is 17.8. The molecule has 0 spiro atoms. The zero-order valence-corrected chi connectivity index (χ0v) is 15.8. The number of carbonyl (C=O) groups excluding carboxylic acids is 1. The number of aromatic hydroxyl groups is 1. The standard InChI is InChI=1S/C19H22BrN3O2/c1-14-12-15(20)6-7-16(14)21-19(25)13-22-8-10-23(11-9-22)17-4-2-3-5-18(17)24/h2-7,12,24H,8-11,13H2,1H3,(H,21,25)/p+1. The van der Waals surface area contributed by atoms with Crippen LogP contribution in [0.15, 0.2) is 46.9 Å². The van der Waals surface area contributed by atoms with Gasteiger partial charge in [0.2, 0.25) is 0 Å². The normalized spacial score (nSPS) is 15.2. The van der Waals surface area contributed by atoms with E-state index in [9.17, 15) is 9.90 Å². The number of halogens is 1. The van der Waals surface area contributed by atoms with E-state index in [1.807, 2.05) is 43.3 Å². The van der Waals surface area contributed by atoms with Crippen LogP contribution in [-0.2, 0) is 4.79 Å². The van der Waals surface area contributed by atoms with Gasteiger partial charge in [0.05, 0.1) is 31.9 Å². The number of rotatable bonds is 4. The van der Waals surface area contributed by atoms with Crippen molar-refractivity contribution in [3.63, 3.8) is 0 Å². The van der Waals surface area contributed by atoms with Crippen LogP contribution in [0.3, 0.4) is 0 Å². The Morgan fingerprint density at radius 3 is 2.64 bits per heavy atom. The molecule has 1 aliphatic heterocycles. The number of phenolic OH excluding ortho intramolecular Hbond substituents is 1. The molecular formula is C19H23BrN3O2+. The number of carbonyl (C=O) groups is 1. The monoisotopic (exact) mass is 404 g/mol. The van der Waals surface area contributed by atoms with Crippen molar-refractivity contribution < 1.29 is 14.8 Å². The SMILES string of the molecule is Cc1cc(Br)ccc1NC(=O)C[NH+]1CCN(c2ccccc2O)CC1. The molecule has 1 aliphatic rings. The van der Waals surface area contributed by atoms with Gasteiger partial charge in [-0.2, -0.15) is 0 Å². The van der Waals surface area contributed by atoms with Crippen molar-refractivity contribution in [3.8, 4) is 5.75 Å². The van der Waals surface area contributed by atoms with Gasteiger partial charge >= 0.3 is 0 Å². The maximum absolute atomic E-state index is 12.3. The topological polar surface area (TPSA) is 57.0 Å². The molecule has 3 N–H and O–H groups in total. The lowest BCUT2D eigenvalue weighted by molar-refractivity contribution is -0.892. The molecular weight excluding hydrogens is 382 g/mol. The number of hydrogen-bond acceptors (Lipinski definition) is 3. The molecule has 0 atom stereocenters. The van der Waals surface area contributed by atoms with Crippen molar-refractivity contribution in [1.82, 2.24) is 0 Å². The number of benzene rings is 2. The number of aryl methyl sites for hydroxylation is 1. The molecule has 1 fully saturated rings. The molecule has 6 heteroatoms. The van der Waals surface area contributed by atoms with Gasteiger partial charge in [0.15, 0.2) is 6.54 Å². The van der Waals surface area contributed by atoms with Gasteiger partial charge in [0, 0.05) is 10.2 Å². The lowest BCUT2D eigenvalue weighted by Gasteiger charge is -2.33. The van der Waals surface area contributed by atoms with Crippen molar-refractivity contribution in [3.05, 3.63) is 52.5 Å². The maximum atomic E-state index is 12.3. The first-order valence-corrected chi connectivity index (χ1v) is 9.25. The first-order valence-electron chi connectivity index (χ1n) is 8.45. The maximum Gasteiger partial charge on any atom is 0.279 e. The van der Waals surface area contributed by atoms with Gasteiger partial charge in [0.1, 0.15) is 5.75 Å². The molecule has 0 bridgehead atoms. The van der Waals surface area contributed by atoms with E-state index in [1.54, 1.807) is 6.07 Å². The summed E-state index contributed by atoms with van der Waals surface area (Å²) in [5.41, 5.74) is 2.78. The molecule has 0 saturated carbocycles. The first kappa shape index (κ1) is 17.8. The Labute approximate surface area is 156 Å². The van der Waals surface area contributed by atoms with Crippen LogP contribution in [0.25, 0.3) is 0 Å². The third kappa shape index (κ3) is 4.52. The van der Waals surface area contributed by atoms with Crippen molar-refractivity contribution in [2.75, 3.05) is 42.9 Å². The Hall–Kier alpha value is -2.05. The molecule has 1 saturated heterocycles. The summed E-state index contributed by atoms with van der Waals surface area (Å²) < 4.78 is 1.01. The van der Waals surface area contributed by atoms with Crippen molar-refractivity contribution in [2.24, 2.45) is 0 Å². The number of quaternary nitrogens is 1. The zero-order valence-electron chi connectivity index (χ0n) is 14.3. The van der Waals surface area contributed by atoms with Gasteiger partial charge in [-0.1, -0.05) is 28.1 Å². The third-order valence-corrected chi connectivity index (χ3v) is 5.06. The van der Waals surface area contributed by atoms with Crippen LogP contribution in [-0.4, -0.2) is 43.7 Å². The van der Waals surface area contributed by atoms with Gasteiger partial charge in [-0.25, -0.2) is 0 Å². The highest BCUT2D eigenvalue weighted by atomic mass is 79.9. The van der Waals surface area contributed by atoms with Gasteiger partial charge in [-0.15, -0.1) is 0 Å². The fraction of sp³-hybridized carbons (Fsp3) is 0.316. The highest BCUT2D eigenvalue weighted by Crippen LogP contribution is 2.26. The molecule has 5 nitrogen and oxygen atoms in total. The summed E-state index contributed by atoms with van der Waals surface area (Å²) >= 11 is 3.43. The molecule has 0 aromatic heterocycles. The quantitative estimate of drug-likeness (QED) is 0.728. The Kier molecular flexibility index (Phi) is 5.60. The summed E-state index contributed by atoms with van der Waals surface area (Å²) in [6.07, 6.45) is 0. The number of anilines is 2. The number of phenols is 1. The summed E-state index contributed by atoms with van der Waals surface area (Å²) in [6.45, 7) is 5.86. The second-order valence-electron chi connectivity index (χ2n) is 6.41. The van der Waals surface area contributed by atoms with E-state index in [-0.39, 0.29) is 5.91 Å². The number of hydrogen-bond donors (Lipinski definition) is 3. The van der Waals surface area contributed by atoms with Crippen molar-refractivity contribution in [1.29, 1.82) is 0 Å². The highest BCUT2D eigenvalue weighted by molar-refractivity contribution is 9.10. The van der Waals surface area contributed by atoms with E-state index in [2.05, 4.69) is 26.1 Å². The Bertz CT molecular complexity index is 758. The van der Waals surface area contributed by atoms with Gasteiger partial charge < -0.3 is 20.2 Å². The number of nitrogens with one attached hydrogen (secondary N) is 2. The molecule has 0 aliphatic carbocycles. The molecule has 3 rings (SSSR count). The number of para-hydroxylation sites is 2. The average Bonchev–Trinajstić information content (AvgIpc) is 2.59. The summed E-state index contributed by atoms with van der Waals surface area (Å²) in [5, 5.41) is 13.0. The van der Waals surface area contributed by atoms with Gasteiger partial charge in [0.25, 0.3) is 5.91 Å². The second-order valence-corrected chi connectivity index (χ2v) is 7.33. The molecule has 1 amide bonds. The van der Waals surface area contributed by atoms with Crippen LogP contribution in [0, 0.1) is 6.92 Å². The van der Waals surface area contributed by atoms with Crippen LogP contribution in [0.5, 0.6) is 5.75 Å². The second kappa shape index (κ2) is 7.89. The molecule has 2 aromatic rings. The van der Waals surface area contributed by atoms with E-state index < -0.39 is 0 Å². The molecule has 25 heavy (non-hydrogen) atoms. The van der Waals surface area contributed by atoms with E-state index in [4.69, 9.17) is 0 Å². The molecule has 132 valence electrons. The van der Waals surface area contributed by atoms with Gasteiger partial charge in [-0.05, 0) is 42.8 Å². The smallest absolute Gasteiger partial charge is 0.279 e. The molecule has 2 aromatic carbocycles. The minimum absolute atomic E-state index is 0.0384. The molecule has 0 radical (unpaired) electrons. The summed E-state index contributed by atoms with van der Waals surface area (Å²) in [5.74, 6) is 0.353. The first-order chi connectivity index (χ1) is 12.0. The summed E-state index contributed by atoms with van der Waals surface area (Å²) in [6, 6.07) is 13.2. The van der Waals surface area contributed by atoms with Crippen LogP contribution >= 0.6 is 15.9 Å². The van der Waals surface area contributed by atoms with Gasteiger partial charge in [-0.3, -0.25) is 4.79 Å². The molecule has 1 heterocycles. The Balaban J connectivity index is 1.52. The molecule has 0 unspecified atom stereocenters. The lowest BCUT2D eigenvalue weighted by atomic mass is 10.2. The number of nitrogens with zero attached hydrogens (tertiary/aromatic N) is 1. The average molecular weight is 405 g/mol. The predicted molar refractivity (Wildman–Crippen MR) is 103 cm³/mol. The van der Waals surface area contributed by atoms with Crippen LogP contribution in [0.4, 0.5) is 11.4 Å². The minimum atomic E-state index is 0.0384. The Morgan fingerprint density at radius 2 is 1.96 bits per heavy atom. The van der Waals surface area contributed by atoms with E-state index in [1.165, 1.54) is 4.90 Å². The predicted octanol–water partition coefficient (Wildman–Crippen LogP) is 1.81. The fourth-order valence-corrected chi connectivity index (χ4v) is 3.64. The highest BCUT2D eigenvalue weighted by Gasteiger charge is 2.23. The van der Waals surface area contributed by atoms with Crippen molar-refractivity contribution >= 4 is 33.2 Å². The number of amides is 1. The summed E-state index contributed by atoms with van der Waals surface area (Å²) in [4.78, 5) is 15.8. The van der Waals surface area contributed by atoms with E-state index in [0.29, 0.717) is 12.3 Å². The van der Waals surface area contributed by atoms with Crippen LogP contribution in [0.2, 0.25) is 0 Å². The fourth-order valence-electron chi connectivity index (χ4n) is 3.16. The Morgan fingerprint density at radius 1 is 1.24 bits per heavy atom. The number of piperazine rings is 1. The minimum Gasteiger partial charge on any atom is -0.506 e. The van der Waals surface area contributed by atoms with Crippen LogP contribution in [0.1, 0.15) is 5.56 Å². The van der Waals surface area contributed by atoms with Crippen molar-refractivity contribution in [2.45, 2.75) is 6.92 Å². The summed E-state index contributed by atoms with van der Waals surface area (Å²) in [7, 11) is 0. The lowest BCUT2D eigenvalue weighted by Crippen LogP contribution is -3.15. The van der Waals surface area contributed by atoms with Crippen LogP contribution < -0.4 is 15.1 Å². The largest absolute Gasteiger partial charge is 0.506 e. The van der Waals surface area contributed by atoms with E-state index in [0.717, 1.165) is 47.6 Å². The van der Waals surface area contributed by atoms with E-state index >= 15 is 0 Å².